The zero-order chi connectivity index (χ0) is 9.26. The van der Waals surface area contributed by atoms with Gasteiger partial charge in [0.25, 0.3) is 0 Å². The smallest absolute Gasteiger partial charge is 0.0450 e. The van der Waals surface area contributed by atoms with Gasteiger partial charge in [-0.1, -0.05) is 18.2 Å². The van der Waals surface area contributed by atoms with E-state index in [1.807, 2.05) is 0 Å². The molecule has 0 saturated heterocycles. The number of rotatable bonds is 2. The van der Waals surface area contributed by atoms with Crippen LogP contribution in [-0.2, 0) is 6.42 Å². The number of fused-ring (bicyclic) bond motifs is 1. The summed E-state index contributed by atoms with van der Waals surface area (Å²) in [5.41, 5.74) is 2.73. The topological polar surface area (TPSA) is 23.5 Å². The molecule has 1 aromatic rings. The van der Waals surface area contributed by atoms with Crippen molar-refractivity contribution in [2.45, 2.75) is 18.9 Å². The van der Waals surface area contributed by atoms with Crippen LogP contribution in [0.25, 0.3) is 0 Å². The van der Waals surface area contributed by atoms with Gasteiger partial charge in [0.1, 0.15) is 0 Å². The number of hydrogen-bond acceptors (Lipinski definition) is 2. The minimum absolute atomic E-state index is 0.281. The number of aliphatic hydroxyl groups is 1. The number of aliphatic hydroxyl groups excluding tert-OH is 1. The highest BCUT2D eigenvalue weighted by atomic mass is 16.3. The highest BCUT2D eigenvalue weighted by Gasteiger charge is 2.24. The lowest BCUT2D eigenvalue weighted by Crippen LogP contribution is -2.28. The zero-order valence-electron chi connectivity index (χ0n) is 7.90. The Bertz CT molecular complexity index is 298. The molecule has 70 valence electrons. The van der Waals surface area contributed by atoms with Gasteiger partial charge in [-0.2, -0.15) is 0 Å². The van der Waals surface area contributed by atoms with Crippen LogP contribution in [0.2, 0.25) is 0 Å². The Balaban J connectivity index is 2.22. The minimum Gasteiger partial charge on any atom is -0.396 e. The van der Waals surface area contributed by atoms with Crippen molar-refractivity contribution < 1.29 is 5.11 Å². The number of likely N-dealkylation sites (N-methyl/N-ethyl adjacent to an activating group) is 1. The third kappa shape index (κ3) is 1.42. The fourth-order valence-corrected chi connectivity index (χ4v) is 2.06. The SMILES string of the molecule is CN1c2ccccc2CC1CCO. The highest BCUT2D eigenvalue weighted by molar-refractivity contribution is 5.58. The molecule has 1 aliphatic heterocycles. The van der Waals surface area contributed by atoms with Gasteiger partial charge in [-0.15, -0.1) is 0 Å². The fraction of sp³-hybridized carbons (Fsp3) is 0.455. The summed E-state index contributed by atoms with van der Waals surface area (Å²) in [6, 6.07) is 8.95. The number of anilines is 1. The average Bonchev–Trinajstić information content (AvgIpc) is 2.46. The third-order valence-corrected chi connectivity index (χ3v) is 2.84. The van der Waals surface area contributed by atoms with E-state index in [9.17, 15) is 0 Å². The van der Waals surface area contributed by atoms with Gasteiger partial charge < -0.3 is 10.0 Å². The van der Waals surface area contributed by atoms with Crippen LogP contribution in [0.4, 0.5) is 5.69 Å². The van der Waals surface area contributed by atoms with Crippen LogP contribution in [0.1, 0.15) is 12.0 Å². The minimum atomic E-state index is 0.281. The zero-order valence-corrected chi connectivity index (χ0v) is 7.90. The molecular weight excluding hydrogens is 162 g/mol. The van der Waals surface area contributed by atoms with Crippen molar-refractivity contribution in [3.05, 3.63) is 29.8 Å². The number of para-hydroxylation sites is 1. The molecule has 1 unspecified atom stereocenters. The molecule has 2 rings (SSSR count). The van der Waals surface area contributed by atoms with Crippen molar-refractivity contribution in [1.29, 1.82) is 0 Å². The maximum atomic E-state index is 8.90. The lowest BCUT2D eigenvalue weighted by Gasteiger charge is -2.21. The van der Waals surface area contributed by atoms with E-state index in [2.05, 4.69) is 36.2 Å². The van der Waals surface area contributed by atoms with Gasteiger partial charge in [-0.3, -0.25) is 0 Å². The summed E-state index contributed by atoms with van der Waals surface area (Å²) in [5.74, 6) is 0. The largest absolute Gasteiger partial charge is 0.396 e. The first kappa shape index (κ1) is 8.57. The van der Waals surface area contributed by atoms with E-state index in [1.54, 1.807) is 0 Å². The normalized spacial score (nSPS) is 20.5. The van der Waals surface area contributed by atoms with Crippen molar-refractivity contribution in [3.63, 3.8) is 0 Å². The van der Waals surface area contributed by atoms with Crippen LogP contribution in [0.5, 0.6) is 0 Å². The van der Waals surface area contributed by atoms with Crippen LogP contribution < -0.4 is 4.90 Å². The van der Waals surface area contributed by atoms with Gasteiger partial charge in [0, 0.05) is 25.4 Å². The van der Waals surface area contributed by atoms with Crippen LogP contribution in [-0.4, -0.2) is 24.8 Å². The van der Waals surface area contributed by atoms with Crippen LogP contribution in [0.15, 0.2) is 24.3 Å². The van der Waals surface area contributed by atoms with Gasteiger partial charge in [0.2, 0.25) is 0 Å². The monoisotopic (exact) mass is 177 g/mol. The molecular formula is C11H15NO. The summed E-state index contributed by atoms with van der Waals surface area (Å²) in [6.45, 7) is 0.281. The number of hydrogen-bond donors (Lipinski definition) is 1. The molecule has 1 aromatic carbocycles. The maximum Gasteiger partial charge on any atom is 0.0450 e. The molecule has 0 spiro atoms. The van der Waals surface area contributed by atoms with E-state index in [4.69, 9.17) is 5.11 Å². The summed E-state index contributed by atoms with van der Waals surface area (Å²) in [5, 5.41) is 8.90. The first-order valence-electron chi connectivity index (χ1n) is 4.74. The van der Waals surface area contributed by atoms with Gasteiger partial charge in [0.05, 0.1) is 0 Å². The maximum absolute atomic E-state index is 8.90. The molecule has 13 heavy (non-hydrogen) atoms. The average molecular weight is 177 g/mol. The van der Waals surface area contributed by atoms with Gasteiger partial charge in [-0.25, -0.2) is 0 Å². The van der Waals surface area contributed by atoms with Crippen LogP contribution >= 0.6 is 0 Å². The van der Waals surface area contributed by atoms with Gasteiger partial charge >= 0.3 is 0 Å². The van der Waals surface area contributed by atoms with Gasteiger partial charge in [-0.05, 0) is 24.5 Å². The fourth-order valence-electron chi connectivity index (χ4n) is 2.06. The molecule has 1 heterocycles. The van der Waals surface area contributed by atoms with Gasteiger partial charge in [0.15, 0.2) is 0 Å². The summed E-state index contributed by atoms with van der Waals surface area (Å²) in [6.07, 6.45) is 1.94. The molecule has 0 aromatic heterocycles. The highest BCUT2D eigenvalue weighted by Crippen LogP contribution is 2.31. The molecule has 2 heteroatoms. The Hall–Kier alpha value is -1.02. The third-order valence-electron chi connectivity index (χ3n) is 2.84. The Morgan fingerprint density at radius 2 is 2.23 bits per heavy atom. The molecule has 0 bridgehead atoms. The van der Waals surface area contributed by atoms with Crippen molar-refractivity contribution in [2.75, 3.05) is 18.6 Å². The standard InChI is InChI=1S/C11H15NO/c1-12-10(6-7-13)8-9-4-2-3-5-11(9)12/h2-5,10,13H,6-8H2,1H3. The van der Waals surface area contributed by atoms with Crippen LogP contribution in [0, 0.1) is 0 Å². The Kier molecular flexibility index (Phi) is 2.23. The van der Waals surface area contributed by atoms with E-state index >= 15 is 0 Å². The van der Waals surface area contributed by atoms with E-state index in [-0.39, 0.29) is 6.61 Å². The lowest BCUT2D eigenvalue weighted by atomic mass is 10.1. The molecule has 0 amide bonds. The van der Waals surface area contributed by atoms with Crippen molar-refractivity contribution >= 4 is 5.69 Å². The summed E-state index contributed by atoms with van der Waals surface area (Å²) < 4.78 is 0. The summed E-state index contributed by atoms with van der Waals surface area (Å²) >= 11 is 0. The first-order chi connectivity index (χ1) is 6.33. The molecule has 0 saturated carbocycles. The first-order valence-corrected chi connectivity index (χ1v) is 4.74. The Morgan fingerprint density at radius 3 is 2.92 bits per heavy atom. The second kappa shape index (κ2) is 3.38. The van der Waals surface area contributed by atoms with E-state index < -0.39 is 0 Å². The molecule has 0 radical (unpaired) electrons. The predicted molar refractivity (Wildman–Crippen MR) is 54.0 cm³/mol. The number of benzene rings is 1. The molecule has 1 N–H and O–H groups in total. The molecule has 0 aliphatic carbocycles. The Morgan fingerprint density at radius 1 is 1.46 bits per heavy atom. The van der Waals surface area contributed by atoms with Crippen molar-refractivity contribution in [3.8, 4) is 0 Å². The Labute approximate surface area is 78.8 Å². The van der Waals surface area contributed by atoms with Crippen molar-refractivity contribution in [2.24, 2.45) is 0 Å². The summed E-state index contributed by atoms with van der Waals surface area (Å²) in [7, 11) is 2.10. The predicted octanol–water partition coefficient (Wildman–Crippen LogP) is 1.43. The van der Waals surface area contributed by atoms with E-state index in [0.29, 0.717) is 6.04 Å². The summed E-state index contributed by atoms with van der Waals surface area (Å²) in [4.78, 5) is 2.27. The molecule has 0 fully saturated rings. The second-order valence-corrected chi connectivity index (χ2v) is 3.61. The van der Waals surface area contributed by atoms with Crippen molar-refractivity contribution in [1.82, 2.24) is 0 Å². The van der Waals surface area contributed by atoms with E-state index in [1.165, 1.54) is 11.3 Å². The molecule has 1 atom stereocenters. The molecule has 1 aliphatic rings. The van der Waals surface area contributed by atoms with Crippen LogP contribution in [0.3, 0.4) is 0 Å². The molecule has 2 nitrogen and oxygen atoms in total. The lowest BCUT2D eigenvalue weighted by molar-refractivity contribution is 0.275. The van der Waals surface area contributed by atoms with E-state index in [0.717, 1.165) is 12.8 Å². The second-order valence-electron chi connectivity index (χ2n) is 3.61. The quantitative estimate of drug-likeness (QED) is 0.738. The number of nitrogens with zero attached hydrogens (tertiary/aromatic N) is 1.